The molecular weight excluding hydrogens is 497 g/mol. The van der Waals surface area contributed by atoms with Gasteiger partial charge in [0.05, 0.1) is 22.5 Å². The second-order valence-corrected chi connectivity index (χ2v) is 11.1. The van der Waals surface area contributed by atoms with Crippen LogP contribution in [0.4, 0.5) is 0 Å². The highest BCUT2D eigenvalue weighted by molar-refractivity contribution is 14.1. The van der Waals surface area contributed by atoms with Gasteiger partial charge in [0, 0.05) is 22.1 Å². The number of aromatic amines is 1. The summed E-state index contributed by atoms with van der Waals surface area (Å²) in [6, 6.07) is 1.68. The molecule has 2 aliphatic rings. The lowest BCUT2D eigenvalue weighted by atomic mass is 10.1. The first-order valence-electron chi connectivity index (χ1n) is 9.08. The molecule has 9 nitrogen and oxygen atoms in total. The first-order chi connectivity index (χ1) is 13.3. The molecule has 28 heavy (non-hydrogen) atoms. The van der Waals surface area contributed by atoms with Crippen LogP contribution in [-0.4, -0.2) is 54.1 Å². The molecule has 3 atom stereocenters. The maximum Gasteiger partial charge on any atom is 0.356 e. The van der Waals surface area contributed by atoms with Crippen LogP contribution in [0.3, 0.4) is 0 Å². The molecule has 3 N–H and O–H groups in total. The van der Waals surface area contributed by atoms with Crippen molar-refractivity contribution in [3.05, 3.63) is 30.0 Å². The molecular formula is C17H18IN5O4S. The van der Waals surface area contributed by atoms with Crippen LogP contribution in [0.5, 0.6) is 0 Å². The van der Waals surface area contributed by atoms with E-state index in [4.69, 9.17) is 0 Å². The molecule has 3 aromatic rings. The molecule has 2 fully saturated rings. The number of sulfonamides is 1. The Kier molecular flexibility index (Phi) is 4.18. The topological polar surface area (TPSA) is 129 Å². The lowest BCUT2D eigenvalue weighted by Gasteiger charge is -2.14. The SMILES string of the molecule is O=C(O)c1nc([C@H]2C[C@@H](NS(=O)(=O)C3CC3)C[C@H]2I)n2c1cnc1[nH]ccc12. The van der Waals surface area contributed by atoms with Crippen molar-refractivity contribution in [1.82, 2.24) is 24.1 Å². The summed E-state index contributed by atoms with van der Waals surface area (Å²) in [6.07, 6.45) is 6.00. The predicted molar refractivity (Wildman–Crippen MR) is 110 cm³/mol. The van der Waals surface area contributed by atoms with Gasteiger partial charge in [-0.05, 0) is 31.7 Å². The van der Waals surface area contributed by atoms with Gasteiger partial charge in [0.2, 0.25) is 10.0 Å². The monoisotopic (exact) mass is 515 g/mol. The third-order valence-electron chi connectivity index (χ3n) is 5.51. The average molecular weight is 515 g/mol. The van der Waals surface area contributed by atoms with Crippen molar-refractivity contribution in [2.24, 2.45) is 0 Å². The van der Waals surface area contributed by atoms with E-state index >= 15 is 0 Å². The molecule has 0 spiro atoms. The molecule has 0 radical (unpaired) electrons. The van der Waals surface area contributed by atoms with E-state index in [1.165, 1.54) is 6.20 Å². The zero-order chi connectivity index (χ0) is 19.6. The van der Waals surface area contributed by atoms with E-state index in [1.54, 1.807) is 6.20 Å². The van der Waals surface area contributed by atoms with Gasteiger partial charge in [0.15, 0.2) is 11.3 Å². The molecule has 3 heterocycles. The maximum absolute atomic E-state index is 12.3. The number of fused-ring (bicyclic) bond motifs is 3. The molecule has 0 aromatic carbocycles. The van der Waals surface area contributed by atoms with Crippen molar-refractivity contribution in [2.45, 2.75) is 46.8 Å². The fraction of sp³-hybridized carbons (Fsp3) is 0.471. The van der Waals surface area contributed by atoms with Gasteiger partial charge in [-0.25, -0.2) is 27.9 Å². The van der Waals surface area contributed by atoms with Crippen molar-refractivity contribution in [1.29, 1.82) is 0 Å². The lowest BCUT2D eigenvalue weighted by Crippen LogP contribution is -2.35. The number of carbonyl (C=O) groups is 1. The molecule has 148 valence electrons. The third kappa shape index (κ3) is 2.90. The Morgan fingerprint density at radius 2 is 2.11 bits per heavy atom. The number of carboxylic acids is 1. The quantitative estimate of drug-likeness (QED) is 0.353. The van der Waals surface area contributed by atoms with E-state index < -0.39 is 16.0 Å². The summed E-state index contributed by atoms with van der Waals surface area (Å²) < 4.78 is 29.5. The fourth-order valence-corrected chi connectivity index (χ4v) is 6.88. The van der Waals surface area contributed by atoms with Crippen LogP contribution >= 0.6 is 22.6 Å². The molecule has 2 saturated carbocycles. The summed E-state index contributed by atoms with van der Waals surface area (Å²) >= 11 is 2.32. The van der Waals surface area contributed by atoms with E-state index in [0.29, 0.717) is 29.8 Å². The highest BCUT2D eigenvalue weighted by Crippen LogP contribution is 2.41. The van der Waals surface area contributed by atoms with Crippen molar-refractivity contribution >= 4 is 55.3 Å². The van der Waals surface area contributed by atoms with Crippen LogP contribution in [0.2, 0.25) is 0 Å². The highest BCUT2D eigenvalue weighted by atomic mass is 127. The van der Waals surface area contributed by atoms with Gasteiger partial charge in [-0.1, -0.05) is 22.6 Å². The van der Waals surface area contributed by atoms with Crippen molar-refractivity contribution in [2.75, 3.05) is 0 Å². The van der Waals surface area contributed by atoms with Crippen molar-refractivity contribution in [3.8, 4) is 0 Å². The second-order valence-electron chi connectivity index (χ2n) is 7.47. The molecule has 3 aromatic heterocycles. The molecule has 0 bridgehead atoms. The average Bonchev–Trinajstić information content (AvgIpc) is 3.12. The van der Waals surface area contributed by atoms with Crippen LogP contribution in [-0.2, 0) is 10.0 Å². The summed E-state index contributed by atoms with van der Waals surface area (Å²) in [5.74, 6) is -0.519. The summed E-state index contributed by atoms with van der Waals surface area (Å²) in [5.41, 5.74) is 1.83. The Morgan fingerprint density at radius 1 is 1.32 bits per heavy atom. The molecule has 11 heteroatoms. The molecule has 5 rings (SSSR count). The van der Waals surface area contributed by atoms with E-state index in [9.17, 15) is 18.3 Å². The maximum atomic E-state index is 12.3. The zero-order valence-electron chi connectivity index (χ0n) is 14.7. The highest BCUT2D eigenvalue weighted by Gasteiger charge is 2.42. The number of alkyl halides is 1. The number of nitrogens with zero attached hydrogens (tertiary/aromatic N) is 3. The Bertz CT molecular complexity index is 1200. The number of nitrogens with one attached hydrogen (secondary N) is 2. The van der Waals surface area contributed by atoms with Crippen LogP contribution < -0.4 is 4.72 Å². The van der Waals surface area contributed by atoms with Gasteiger partial charge >= 0.3 is 5.97 Å². The third-order valence-corrected chi connectivity index (χ3v) is 8.90. The first kappa shape index (κ1) is 18.3. The standard InChI is InChI=1S/C17H18IN5O4S/c18-11-6-8(22-28(26,27)9-1-2-9)5-10(11)16-21-14(17(24)25)13-7-20-15-12(23(13)16)3-4-19-15/h3-4,7-11,19,22H,1-2,5-6H2,(H,24,25)/t8-,10+,11-/m1/s1. The Morgan fingerprint density at radius 3 is 2.82 bits per heavy atom. The van der Waals surface area contributed by atoms with Gasteiger partial charge in [0.1, 0.15) is 5.82 Å². The first-order valence-corrected chi connectivity index (χ1v) is 11.9. The van der Waals surface area contributed by atoms with E-state index in [-0.39, 0.29) is 26.8 Å². The number of halogens is 1. The molecule has 0 amide bonds. The van der Waals surface area contributed by atoms with Gasteiger partial charge in [-0.2, -0.15) is 0 Å². The van der Waals surface area contributed by atoms with Crippen LogP contribution in [0.25, 0.3) is 16.7 Å². The predicted octanol–water partition coefficient (Wildman–Crippen LogP) is 2.04. The minimum atomic E-state index is -3.27. The van der Waals surface area contributed by atoms with Gasteiger partial charge in [0.25, 0.3) is 0 Å². The second kappa shape index (κ2) is 6.39. The summed E-state index contributed by atoms with van der Waals surface area (Å²) in [7, 11) is -3.27. The largest absolute Gasteiger partial charge is 0.476 e. The van der Waals surface area contributed by atoms with Crippen LogP contribution in [0.1, 0.15) is 47.9 Å². The van der Waals surface area contributed by atoms with E-state index in [2.05, 4.69) is 42.3 Å². The summed E-state index contributed by atoms with van der Waals surface area (Å²) in [5, 5.41) is 9.34. The van der Waals surface area contributed by atoms with Crippen LogP contribution in [0, 0.1) is 0 Å². The Hall–Kier alpha value is -1.73. The van der Waals surface area contributed by atoms with E-state index in [0.717, 1.165) is 18.4 Å². The smallest absolute Gasteiger partial charge is 0.356 e. The minimum Gasteiger partial charge on any atom is -0.476 e. The normalized spacial score (nSPS) is 25.7. The molecule has 2 aliphatic carbocycles. The van der Waals surface area contributed by atoms with Crippen molar-refractivity contribution in [3.63, 3.8) is 0 Å². The van der Waals surface area contributed by atoms with E-state index in [1.807, 2.05) is 10.5 Å². The Labute approximate surface area is 174 Å². The number of rotatable bonds is 5. The number of aromatic nitrogens is 4. The molecule has 0 unspecified atom stereocenters. The molecule has 0 saturated heterocycles. The number of carboxylic acid groups (broad SMARTS) is 1. The lowest BCUT2D eigenvalue weighted by molar-refractivity contribution is 0.0693. The van der Waals surface area contributed by atoms with Crippen molar-refractivity contribution < 1.29 is 18.3 Å². The zero-order valence-corrected chi connectivity index (χ0v) is 17.6. The number of H-pyrrole nitrogens is 1. The fourth-order valence-electron chi connectivity index (χ4n) is 4.05. The summed E-state index contributed by atoms with van der Waals surface area (Å²) in [6.45, 7) is 0. The van der Waals surface area contributed by atoms with Crippen LogP contribution in [0.15, 0.2) is 18.5 Å². The minimum absolute atomic E-state index is 0.0313. The van der Waals surface area contributed by atoms with Gasteiger partial charge < -0.3 is 10.1 Å². The molecule has 0 aliphatic heterocycles. The number of hydrogen-bond acceptors (Lipinski definition) is 5. The number of aromatic carboxylic acids is 1. The Balaban J connectivity index is 1.57. The van der Waals surface area contributed by atoms with Gasteiger partial charge in [-0.3, -0.25) is 4.40 Å². The van der Waals surface area contributed by atoms with Gasteiger partial charge in [-0.15, -0.1) is 0 Å². The summed E-state index contributed by atoms with van der Waals surface area (Å²) in [4.78, 5) is 23.5. The number of imidazole rings is 1. The number of hydrogen-bond donors (Lipinski definition) is 3.